The summed E-state index contributed by atoms with van der Waals surface area (Å²) in [5, 5.41) is 14.7. The molecule has 0 aliphatic heterocycles. The zero-order valence-corrected chi connectivity index (χ0v) is 9.06. The van der Waals surface area contributed by atoms with Crippen molar-refractivity contribution in [1.29, 1.82) is 0 Å². The monoisotopic (exact) mass is 227 g/mol. The smallest absolute Gasteiger partial charge is 0.323 e. The highest BCUT2D eigenvalue weighted by atomic mass is 16.5. The fourth-order valence-corrected chi connectivity index (χ4v) is 1.08. The first kappa shape index (κ1) is 12.0. The van der Waals surface area contributed by atoms with Crippen LogP contribution in [-0.4, -0.2) is 40.8 Å². The van der Waals surface area contributed by atoms with Gasteiger partial charge in [0, 0.05) is 13.1 Å². The lowest BCUT2D eigenvalue weighted by molar-refractivity contribution is -0.137. The maximum Gasteiger partial charge on any atom is 0.323 e. The van der Waals surface area contributed by atoms with Crippen LogP contribution in [0, 0.1) is 6.92 Å². The Labute approximate surface area is 92.0 Å². The zero-order chi connectivity index (χ0) is 12.1. The normalized spacial score (nSPS) is 9.88. The quantitative estimate of drug-likeness (QED) is 0.766. The first-order chi connectivity index (χ1) is 7.49. The van der Waals surface area contributed by atoms with Crippen LogP contribution in [-0.2, 0) is 11.3 Å². The molecule has 16 heavy (non-hydrogen) atoms. The maximum atomic E-state index is 11.4. The lowest BCUT2D eigenvalue weighted by Crippen LogP contribution is -2.39. The third-order valence-electron chi connectivity index (χ3n) is 1.82. The fourth-order valence-electron chi connectivity index (χ4n) is 1.08. The third-order valence-corrected chi connectivity index (χ3v) is 1.82. The molecule has 0 aliphatic rings. The minimum absolute atomic E-state index is 0.208. The number of carboxylic acid groups (broad SMARTS) is 1. The molecular formula is C9H13N3O4. The Morgan fingerprint density at radius 2 is 2.31 bits per heavy atom. The van der Waals surface area contributed by atoms with E-state index in [2.05, 4.69) is 10.5 Å². The highest BCUT2D eigenvalue weighted by molar-refractivity contribution is 5.79. The lowest BCUT2D eigenvalue weighted by Gasteiger charge is -2.14. The van der Waals surface area contributed by atoms with E-state index in [0.717, 1.165) is 4.90 Å². The number of likely N-dealkylation sites (N-methyl/N-ethyl adjacent to an activating group) is 1. The number of nitrogens with one attached hydrogen (secondary N) is 1. The SMILES string of the molecule is Cc1cc(CNC(=O)N(C)CC(=O)O)no1. The summed E-state index contributed by atoms with van der Waals surface area (Å²) in [6.45, 7) is 1.61. The minimum atomic E-state index is -1.06. The van der Waals surface area contributed by atoms with E-state index < -0.39 is 12.0 Å². The van der Waals surface area contributed by atoms with Crippen LogP contribution in [0.25, 0.3) is 0 Å². The highest BCUT2D eigenvalue weighted by Gasteiger charge is 2.11. The molecule has 0 atom stereocenters. The molecular weight excluding hydrogens is 214 g/mol. The Balaban J connectivity index is 2.37. The molecule has 7 heteroatoms. The molecule has 0 spiro atoms. The number of carbonyl (C=O) groups excluding carboxylic acids is 1. The van der Waals surface area contributed by atoms with Gasteiger partial charge in [-0.15, -0.1) is 0 Å². The third kappa shape index (κ3) is 3.60. The van der Waals surface area contributed by atoms with Gasteiger partial charge in [-0.25, -0.2) is 4.79 Å². The molecule has 88 valence electrons. The van der Waals surface area contributed by atoms with Crippen molar-refractivity contribution in [3.05, 3.63) is 17.5 Å². The molecule has 0 aliphatic carbocycles. The van der Waals surface area contributed by atoms with Crippen molar-refractivity contribution < 1.29 is 19.2 Å². The summed E-state index contributed by atoms with van der Waals surface area (Å²) in [6, 6.07) is 1.22. The van der Waals surface area contributed by atoms with E-state index in [9.17, 15) is 9.59 Å². The van der Waals surface area contributed by atoms with Crippen LogP contribution in [0.1, 0.15) is 11.5 Å². The molecule has 0 radical (unpaired) electrons. The first-order valence-electron chi connectivity index (χ1n) is 4.62. The van der Waals surface area contributed by atoms with Crippen LogP contribution in [0.3, 0.4) is 0 Å². The summed E-state index contributed by atoms with van der Waals surface area (Å²) in [6.07, 6.45) is 0. The van der Waals surface area contributed by atoms with Gasteiger partial charge in [-0.05, 0) is 6.92 Å². The first-order valence-corrected chi connectivity index (χ1v) is 4.62. The predicted octanol–water partition coefficient (Wildman–Crippen LogP) is 0.209. The highest BCUT2D eigenvalue weighted by Crippen LogP contribution is 2.00. The number of amides is 2. The predicted molar refractivity (Wildman–Crippen MR) is 53.7 cm³/mol. The van der Waals surface area contributed by atoms with E-state index in [1.807, 2.05) is 0 Å². The van der Waals surface area contributed by atoms with E-state index in [0.29, 0.717) is 11.5 Å². The topological polar surface area (TPSA) is 95.7 Å². The largest absolute Gasteiger partial charge is 0.480 e. The number of hydrogen-bond donors (Lipinski definition) is 2. The Bertz CT molecular complexity index is 388. The lowest BCUT2D eigenvalue weighted by atomic mass is 10.4. The molecule has 2 amide bonds. The summed E-state index contributed by atoms with van der Waals surface area (Å²) < 4.78 is 4.81. The number of hydrogen-bond acceptors (Lipinski definition) is 4. The molecule has 1 aromatic rings. The van der Waals surface area contributed by atoms with Gasteiger partial charge in [0.25, 0.3) is 0 Å². The summed E-state index contributed by atoms with van der Waals surface area (Å²) >= 11 is 0. The molecule has 0 aromatic carbocycles. The van der Waals surface area contributed by atoms with Gasteiger partial charge < -0.3 is 19.8 Å². The van der Waals surface area contributed by atoms with Gasteiger partial charge in [0.1, 0.15) is 18.0 Å². The molecule has 1 heterocycles. The van der Waals surface area contributed by atoms with Crippen molar-refractivity contribution in [2.24, 2.45) is 0 Å². The van der Waals surface area contributed by atoms with Gasteiger partial charge in [0.2, 0.25) is 0 Å². The summed E-state index contributed by atoms with van der Waals surface area (Å²) in [4.78, 5) is 22.8. The van der Waals surface area contributed by atoms with E-state index >= 15 is 0 Å². The average molecular weight is 227 g/mol. The van der Waals surface area contributed by atoms with Crippen molar-refractivity contribution in [2.45, 2.75) is 13.5 Å². The number of urea groups is 1. The van der Waals surface area contributed by atoms with Crippen molar-refractivity contribution in [1.82, 2.24) is 15.4 Å². The number of aryl methyl sites for hydroxylation is 1. The fraction of sp³-hybridized carbons (Fsp3) is 0.444. The van der Waals surface area contributed by atoms with E-state index in [4.69, 9.17) is 9.63 Å². The van der Waals surface area contributed by atoms with Crippen molar-refractivity contribution in [3.8, 4) is 0 Å². The standard InChI is InChI=1S/C9H13N3O4/c1-6-3-7(11-16-6)4-10-9(15)12(2)5-8(13)14/h3H,4-5H2,1-2H3,(H,10,15)(H,13,14). The number of rotatable bonds is 4. The van der Waals surface area contributed by atoms with Gasteiger partial charge in [0.15, 0.2) is 0 Å². The van der Waals surface area contributed by atoms with E-state index in [1.54, 1.807) is 13.0 Å². The zero-order valence-electron chi connectivity index (χ0n) is 9.06. The Hall–Kier alpha value is -2.05. The van der Waals surface area contributed by atoms with Crippen molar-refractivity contribution in [2.75, 3.05) is 13.6 Å². The van der Waals surface area contributed by atoms with Crippen LogP contribution in [0.15, 0.2) is 10.6 Å². The van der Waals surface area contributed by atoms with Crippen LogP contribution >= 0.6 is 0 Å². The molecule has 0 saturated heterocycles. The second kappa shape index (κ2) is 5.15. The molecule has 2 N–H and O–H groups in total. The summed E-state index contributed by atoms with van der Waals surface area (Å²) in [5.74, 6) is -0.405. The van der Waals surface area contributed by atoms with Gasteiger partial charge >= 0.3 is 12.0 Å². The van der Waals surface area contributed by atoms with Gasteiger partial charge in [-0.2, -0.15) is 0 Å². The maximum absolute atomic E-state index is 11.4. The van der Waals surface area contributed by atoms with Crippen LogP contribution in [0.5, 0.6) is 0 Å². The van der Waals surface area contributed by atoms with Gasteiger partial charge in [-0.3, -0.25) is 4.79 Å². The summed E-state index contributed by atoms with van der Waals surface area (Å²) in [7, 11) is 1.40. The second-order valence-electron chi connectivity index (χ2n) is 3.34. The second-order valence-corrected chi connectivity index (χ2v) is 3.34. The summed E-state index contributed by atoms with van der Waals surface area (Å²) in [5.41, 5.74) is 0.592. The Morgan fingerprint density at radius 1 is 1.62 bits per heavy atom. The minimum Gasteiger partial charge on any atom is -0.480 e. The van der Waals surface area contributed by atoms with Gasteiger partial charge in [-0.1, -0.05) is 5.16 Å². The molecule has 7 nitrogen and oxygen atoms in total. The van der Waals surface area contributed by atoms with E-state index in [1.165, 1.54) is 7.05 Å². The molecule has 0 bridgehead atoms. The Morgan fingerprint density at radius 3 is 2.81 bits per heavy atom. The number of aromatic nitrogens is 1. The van der Waals surface area contributed by atoms with Crippen molar-refractivity contribution in [3.63, 3.8) is 0 Å². The molecule has 0 unspecified atom stereocenters. The molecule has 0 fully saturated rings. The van der Waals surface area contributed by atoms with Crippen molar-refractivity contribution >= 4 is 12.0 Å². The van der Waals surface area contributed by atoms with Crippen LogP contribution in [0.2, 0.25) is 0 Å². The average Bonchev–Trinajstić information content (AvgIpc) is 2.59. The van der Waals surface area contributed by atoms with Gasteiger partial charge in [0.05, 0.1) is 6.54 Å². The number of nitrogens with zero attached hydrogens (tertiary/aromatic N) is 2. The van der Waals surface area contributed by atoms with E-state index in [-0.39, 0.29) is 13.1 Å². The number of carboxylic acids is 1. The number of aliphatic carboxylic acids is 1. The Kier molecular flexibility index (Phi) is 3.87. The van der Waals surface area contributed by atoms with Crippen LogP contribution < -0.4 is 5.32 Å². The number of carbonyl (C=O) groups is 2. The van der Waals surface area contributed by atoms with Crippen LogP contribution in [0.4, 0.5) is 4.79 Å². The molecule has 0 saturated carbocycles. The molecule has 1 rings (SSSR count). The molecule has 1 aromatic heterocycles.